The molecule has 12 heterocycles. The zero-order valence-corrected chi connectivity index (χ0v) is 44.7. The van der Waals surface area contributed by atoms with Crippen LogP contribution in [0.15, 0.2) is 253 Å². The molecule has 16 aromatic rings. The molecule has 2 aliphatic rings. The smallest absolute Gasteiger partial charge is 0.212 e. The average molecular weight is 1090 g/mol. The zero-order valence-electron chi connectivity index (χ0n) is 44.7. The monoisotopic (exact) mass is 1090 g/mol. The lowest BCUT2D eigenvalue weighted by Gasteiger charge is -2.54. The summed E-state index contributed by atoms with van der Waals surface area (Å²) in [6.07, 6.45) is 9.05. The Balaban J connectivity index is 1.08. The minimum absolute atomic E-state index is 0.361. The van der Waals surface area contributed by atoms with Crippen molar-refractivity contribution >= 4 is 138 Å². The Morgan fingerprint density at radius 1 is 0.353 bits per heavy atom. The third-order valence-electron chi connectivity index (χ3n) is 16.3. The van der Waals surface area contributed by atoms with E-state index in [9.17, 15) is 0 Å². The van der Waals surface area contributed by atoms with Crippen LogP contribution < -0.4 is 9.80 Å². The van der Waals surface area contributed by atoms with Gasteiger partial charge >= 0.3 is 0 Å². The molecular formula is C70H39N15. The minimum atomic E-state index is -1.77. The molecule has 0 N–H and O–H groups in total. The molecule has 0 radical (unpaired) electrons. The van der Waals surface area contributed by atoms with Crippen LogP contribution in [0.2, 0.25) is 0 Å². The predicted molar refractivity (Wildman–Crippen MR) is 336 cm³/mol. The standard InChI is InChI=1S/C70H39N15/c1-3-17-47-46(13-1)38-74-54-23-7-18-48(60(47)54)64-63-69(83-68(81-63)55-30-27-41-26-25-40-14-9-33-71-61(40)62(41)78-55)85(59-39-75-52-20-5-6-21-53(52)77-59)70(57-31-28-42-15-10-34-72-65(42)79-57,58-32-29-45-36-44-16-11-35-73-66(44)82-67(45)80-58)84(64)56-24-8-22-51-49(56)37-43-12-2-4-19-50(43)76-51/h1-39H. The van der Waals surface area contributed by atoms with Crippen molar-refractivity contribution in [3.8, 4) is 0 Å². The van der Waals surface area contributed by atoms with E-state index in [0.29, 0.717) is 73.9 Å². The zero-order chi connectivity index (χ0) is 55.7. The number of hydrogen-bond donors (Lipinski definition) is 0. The average Bonchev–Trinajstić information content (AvgIpc) is 1.77. The second-order valence-electron chi connectivity index (χ2n) is 21.1. The normalized spacial score (nSPS) is 15.4. The van der Waals surface area contributed by atoms with Gasteiger partial charge in [0, 0.05) is 78.8 Å². The first-order chi connectivity index (χ1) is 42.1. The lowest BCUT2D eigenvalue weighted by atomic mass is 9.86. The molecule has 6 aromatic carbocycles. The van der Waals surface area contributed by atoms with Crippen molar-refractivity contribution in [2.45, 2.75) is 5.66 Å². The first-order valence-electron chi connectivity index (χ1n) is 27.8. The molecule has 15 heteroatoms. The van der Waals surface area contributed by atoms with Crippen LogP contribution in [0, 0.1) is 0 Å². The molecule has 2 aliphatic heterocycles. The van der Waals surface area contributed by atoms with Crippen LogP contribution in [0.4, 0.5) is 11.5 Å². The van der Waals surface area contributed by atoms with Crippen LogP contribution in [-0.2, 0) is 5.66 Å². The Morgan fingerprint density at radius 3 is 1.88 bits per heavy atom. The molecule has 0 saturated carbocycles. The number of fused-ring (bicyclic) bond motifs is 13. The maximum absolute atomic E-state index is 5.81. The summed E-state index contributed by atoms with van der Waals surface area (Å²) < 4.78 is 0. The van der Waals surface area contributed by atoms with Crippen molar-refractivity contribution < 1.29 is 0 Å². The van der Waals surface area contributed by atoms with Crippen LogP contribution in [0.25, 0.3) is 115 Å². The molecule has 85 heavy (non-hydrogen) atoms. The van der Waals surface area contributed by atoms with Crippen LogP contribution in [0.3, 0.4) is 0 Å². The summed E-state index contributed by atoms with van der Waals surface area (Å²) in [7, 11) is 0. The van der Waals surface area contributed by atoms with E-state index < -0.39 is 5.66 Å². The van der Waals surface area contributed by atoms with Gasteiger partial charge < -0.3 is 4.90 Å². The van der Waals surface area contributed by atoms with Gasteiger partial charge in [-0.3, -0.25) is 19.9 Å². The van der Waals surface area contributed by atoms with Gasteiger partial charge in [-0.05, 0) is 115 Å². The third kappa shape index (κ3) is 7.04. The first kappa shape index (κ1) is 46.7. The predicted octanol–water partition coefficient (Wildman–Crippen LogP) is 14.0. The molecule has 1 atom stereocenters. The van der Waals surface area contributed by atoms with Crippen molar-refractivity contribution in [1.29, 1.82) is 0 Å². The lowest BCUT2D eigenvalue weighted by molar-refractivity contribution is 0.506. The molecule has 15 nitrogen and oxygen atoms in total. The number of amidine groups is 2. The highest BCUT2D eigenvalue weighted by Gasteiger charge is 2.59. The second-order valence-corrected chi connectivity index (χ2v) is 21.1. The van der Waals surface area contributed by atoms with E-state index in [4.69, 9.17) is 64.8 Å². The van der Waals surface area contributed by atoms with E-state index in [-0.39, 0.29) is 0 Å². The summed E-state index contributed by atoms with van der Waals surface area (Å²) in [6, 6.07) is 69.5. The summed E-state index contributed by atoms with van der Waals surface area (Å²) in [5.74, 6) is 1.21. The number of rotatable bonds is 6. The Bertz CT molecular complexity index is 5690. The van der Waals surface area contributed by atoms with E-state index in [0.717, 1.165) is 92.7 Å². The Labute approximate surface area is 481 Å². The SMILES string of the molecule is c1ccc2nc3cccc(N4C(c5cccc6ncc7ccccc7c56)=C5N=C(c6ccc7ccc8cccnc8c7n6)N=C5N(c5cnc6ccccc6n5)C4(c4ccc5cccnc5n4)c4ccc5cc6cccnc6nc5n4)c3cc2c1. The van der Waals surface area contributed by atoms with E-state index >= 15 is 0 Å². The molecule has 0 amide bonds. The van der Waals surface area contributed by atoms with E-state index in [1.807, 2.05) is 97.2 Å². The number of aromatic nitrogens is 11. The van der Waals surface area contributed by atoms with Crippen LogP contribution in [0.1, 0.15) is 22.6 Å². The van der Waals surface area contributed by atoms with Crippen molar-refractivity contribution in [3.63, 3.8) is 0 Å². The van der Waals surface area contributed by atoms with Gasteiger partial charge in [0.15, 0.2) is 34.4 Å². The number of hydrogen-bond acceptors (Lipinski definition) is 15. The molecule has 10 aromatic heterocycles. The van der Waals surface area contributed by atoms with Crippen LogP contribution >= 0.6 is 0 Å². The quantitative estimate of drug-likeness (QED) is 0.114. The van der Waals surface area contributed by atoms with Gasteiger partial charge in [-0.25, -0.2) is 49.9 Å². The highest BCUT2D eigenvalue weighted by molar-refractivity contribution is 6.30. The van der Waals surface area contributed by atoms with Crippen molar-refractivity contribution in [2.24, 2.45) is 9.98 Å². The molecule has 0 bridgehead atoms. The number of para-hydroxylation sites is 3. The highest BCUT2D eigenvalue weighted by Crippen LogP contribution is 2.55. The third-order valence-corrected chi connectivity index (χ3v) is 16.3. The summed E-state index contributed by atoms with van der Waals surface area (Å²) in [4.78, 5) is 74.2. The van der Waals surface area contributed by atoms with Gasteiger partial charge in [-0.15, -0.1) is 0 Å². The summed E-state index contributed by atoms with van der Waals surface area (Å²) >= 11 is 0. The fourth-order valence-electron chi connectivity index (χ4n) is 12.6. The molecule has 394 valence electrons. The Morgan fingerprint density at radius 2 is 1.00 bits per heavy atom. The summed E-state index contributed by atoms with van der Waals surface area (Å²) in [5, 5.41) is 9.06. The van der Waals surface area contributed by atoms with E-state index in [2.05, 4.69) is 125 Å². The van der Waals surface area contributed by atoms with Crippen LogP contribution in [0.5, 0.6) is 0 Å². The fraction of sp³-hybridized carbons (Fsp3) is 0.0143. The largest absolute Gasteiger partial charge is 0.304 e. The van der Waals surface area contributed by atoms with Gasteiger partial charge in [0.2, 0.25) is 5.66 Å². The van der Waals surface area contributed by atoms with E-state index in [1.54, 1.807) is 24.8 Å². The molecule has 0 aliphatic carbocycles. The van der Waals surface area contributed by atoms with Gasteiger partial charge in [0.05, 0.1) is 67.6 Å². The molecule has 1 unspecified atom stereocenters. The van der Waals surface area contributed by atoms with Gasteiger partial charge in [0.25, 0.3) is 0 Å². The molecule has 0 spiro atoms. The second kappa shape index (κ2) is 18.0. The van der Waals surface area contributed by atoms with Crippen molar-refractivity contribution in [1.82, 2.24) is 54.8 Å². The maximum Gasteiger partial charge on any atom is 0.212 e. The Hall–Kier alpha value is -12.0. The van der Waals surface area contributed by atoms with Crippen molar-refractivity contribution in [2.75, 3.05) is 9.80 Å². The summed E-state index contributed by atoms with van der Waals surface area (Å²) in [5.41, 5.74) is 9.26. The molecule has 0 fully saturated rings. The fourth-order valence-corrected chi connectivity index (χ4v) is 12.6. The maximum atomic E-state index is 5.81. The number of anilines is 2. The Kier molecular flexibility index (Phi) is 9.91. The number of pyridine rings is 9. The molecule has 18 rings (SSSR count). The first-order valence-corrected chi connectivity index (χ1v) is 27.8. The molecular weight excluding hydrogens is 1050 g/mol. The van der Waals surface area contributed by atoms with Gasteiger partial charge in [0.1, 0.15) is 11.4 Å². The van der Waals surface area contributed by atoms with Crippen molar-refractivity contribution in [3.05, 3.63) is 266 Å². The van der Waals surface area contributed by atoms with Gasteiger partial charge in [-0.2, -0.15) is 0 Å². The number of nitrogens with zero attached hydrogens (tertiary/aromatic N) is 15. The molecule has 0 saturated heterocycles. The summed E-state index contributed by atoms with van der Waals surface area (Å²) in [6.45, 7) is 0. The minimum Gasteiger partial charge on any atom is -0.304 e. The lowest BCUT2D eigenvalue weighted by Crippen LogP contribution is -2.65. The number of benzene rings is 6. The highest BCUT2D eigenvalue weighted by atomic mass is 15.5. The van der Waals surface area contributed by atoms with E-state index in [1.165, 1.54) is 0 Å². The topological polar surface area (TPSA) is 173 Å². The van der Waals surface area contributed by atoms with Crippen LogP contribution in [-0.4, -0.2) is 66.5 Å². The van der Waals surface area contributed by atoms with Gasteiger partial charge in [-0.1, -0.05) is 97.1 Å². The number of aliphatic imine (C=N–C) groups is 2.